The number of anilines is 3. The summed E-state index contributed by atoms with van der Waals surface area (Å²) in [6.07, 6.45) is 0.357. The lowest BCUT2D eigenvalue weighted by atomic mass is 10.1. The minimum absolute atomic E-state index is 0.0220. The van der Waals surface area contributed by atoms with Crippen molar-refractivity contribution >= 4 is 23.0 Å². The molecule has 1 N–H and O–H groups in total. The van der Waals surface area contributed by atoms with Gasteiger partial charge in [0.25, 0.3) is 0 Å². The van der Waals surface area contributed by atoms with Crippen molar-refractivity contribution in [3.8, 4) is 6.07 Å². The Hall–Kier alpha value is -2.87. The van der Waals surface area contributed by atoms with Crippen molar-refractivity contribution in [1.29, 1.82) is 5.26 Å². The second kappa shape index (κ2) is 4.91. The van der Waals surface area contributed by atoms with Crippen molar-refractivity contribution in [2.45, 2.75) is 6.42 Å². The zero-order valence-corrected chi connectivity index (χ0v) is 11.4. The average molecular weight is 281 g/mol. The molecule has 2 aromatic rings. The summed E-state index contributed by atoms with van der Waals surface area (Å²) in [5, 5.41) is 12.1. The molecule has 0 atom stereocenters. The molecule has 0 aromatic heterocycles. The van der Waals surface area contributed by atoms with E-state index in [0.717, 1.165) is 16.9 Å². The molecule has 0 radical (unpaired) electrons. The van der Waals surface area contributed by atoms with Crippen molar-refractivity contribution in [3.05, 3.63) is 53.3 Å². The van der Waals surface area contributed by atoms with E-state index in [9.17, 15) is 9.18 Å². The zero-order valence-electron chi connectivity index (χ0n) is 11.4. The first-order valence-corrected chi connectivity index (χ1v) is 6.45. The SMILES string of the molecule is CN1C(=O)Cc2cc(Nc3cccc(F)c3C#N)ccc21. The highest BCUT2D eigenvalue weighted by atomic mass is 19.1. The standard InChI is InChI=1S/C16H12FN3O/c1-20-15-6-5-11(7-10(15)8-16(20)21)19-14-4-2-3-13(17)12(14)9-18/h2-7,19H,8H2,1H3. The number of nitriles is 1. The van der Waals surface area contributed by atoms with E-state index in [0.29, 0.717) is 12.1 Å². The van der Waals surface area contributed by atoms with Crippen LogP contribution < -0.4 is 10.2 Å². The summed E-state index contributed by atoms with van der Waals surface area (Å²) in [7, 11) is 1.74. The molecule has 1 aliphatic heterocycles. The number of nitrogens with zero attached hydrogens (tertiary/aromatic N) is 2. The molecule has 1 heterocycles. The molecule has 0 bridgehead atoms. The first-order valence-electron chi connectivity index (χ1n) is 6.45. The number of nitrogens with one attached hydrogen (secondary N) is 1. The molecule has 4 nitrogen and oxygen atoms in total. The van der Waals surface area contributed by atoms with Gasteiger partial charge in [-0.3, -0.25) is 4.79 Å². The Morgan fingerprint density at radius 1 is 1.33 bits per heavy atom. The Labute approximate surface area is 121 Å². The van der Waals surface area contributed by atoms with Crippen LogP contribution in [0.3, 0.4) is 0 Å². The molecule has 2 aromatic carbocycles. The lowest BCUT2D eigenvalue weighted by Gasteiger charge is -2.12. The number of halogens is 1. The molecule has 0 fully saturated rings. The van der Waals surface area contributed by atoms with Gasteiger partial charge in [-0.2, -0.15) is 5.26 Å². The smallest absolute Gasteiger partial charge is 0.231 e. The third kappa shape index (κ3) is 2.21. The number of rotatable bonds is 2. The minimum atomic E-state index is -0.557. The van der Waals surface area contributed by atoms with Gasteiger partial charge in [0.2, 0.25) is 5.91 Å². The van der Waals surface area contributed by atoms with Gasteiger partial charge in [-0.05, 0) is 35.9 Å². The molecular weight excluding hydrogens is 269 g/mol. The van der Waals surface area contributed by atoms with Crippen LogP contribution in [0.25, 0.3) is 0 Å². The highest BCUT2D eigenvalue weighted by molar-refractivity contribution is 6.01. The quantitative estimate of drug-likeness (QED) is 0.920. The minimum Gasteiger partial charge on any atom is -0.354 e. The average Bonchev–Trinajstić information content (AvgIpc) is 2.74. The maximum atomic E-state index is 13.6. The molecule has 0 aliphatic carbocycles. The van der Waals surface area contributed by atoms with Crippen LogP contribution in [0.1, 0.15) is 11.1 Å². The van der Waals surface area contributed by atoms with Gasteiger partial charge < -0.3 is 10.2 Å². The van der Waals surface area contributed by atoms with Gasteiger partial charge in [-0.15, -0.1) is 0 Å². The normalized spacial score (nSPS) is 13.0. The third-order valence-electron chi connectivity index (χ3n) is 3.56. The summed E-state index contributed by atoms with van der Waals surface area (Å²) in [4.78, 5) is 13.3. The molecular formula is C16H12FN3O. The predicted molar refractivity (Wildman–Crippen MR) is 78.0 cm³/mol. The fourth-order valence-electron chi connectivity index (χ4n) is 2.45. The number of hydrogen-bond acceptors (Lipinski definition) is 3. The number of carbonyl (C=O) groups excluding carboxylic acids is 1. The number of hydrogen-bond donors (Lipinski definition) is 1. The maximum Gasteiger partial charge on any atom is 0.231 e. The van der Waals surface area contributed by atoms with Crippen LogP contribution in [-0.4, -0.2) is 13.0 Å². The van der Waals surface area contributed by atoms with Crippen molar-refractivity contribution < 1.29 is 9.18 Å². The molecule has 1 amide bonds. The van der Waals surface area contributed by atoms with E-state index in [1.54, 1.807) is 30.1 Å². The van der Waals surface area contributed by atoms with E-state index in [-0.39, 0.29) is 11.5 Å². The Balaban J connectivity index is 1.95. The van der Waals surface area contributed by atoms with Crippen molar-refractivity contribution in [3.63, 3.8) is 0 Å². The molecule has 5 heteroatoms. The molecule has 0 saturated carbocycles. The van der Waals surface area contributed by atoms with Gasteiger partial charge in [0.15, 0.2) is 0 Å². The number of benzene rings is 2. The first-order chi connectivity index (χ1) is 10.1. The van der Waals surface area contributed by atoms with Crippen molar-refractivity contribution in [2.24, 2.45) is 0 Å². The molecule has 0 unspecified atom stereocenters. The summed E-state index contributed by atoms with van der Waals surface area (Å²) in [5.74, 6) is -0.510. The van der Waals surface area contributed by atoms with Crippen LogP contribution in [0, 0.1) is 17.1 Å². The Kier molecular flexibility index (Phi) is 3.07. The lowest BCUT2D eigenvalue weighted by molar-refractivity contribution is -0.117. The number of amides is 1. The van der Waals surface area contributed by atoms with Crippen LogP contribution in [0.5, 0.6) is 0 Å². The highest BCUT2D eigenvalue weighted by Crippen LogP contribution is 2.31. The van der Waals surface area contributed by atoms with Gasteiger partial charge in [-0.1, -0.05) is 6.07 Å². The highest BCUT2D eigenvalue weighted by Gasteiger charge is 2.23. The Bertz CT molecular complexity index is 780. The van der Waals surface area contributed by atoms with Crippen LogP contribution >= 0.6 is 0 Å². The molecule has 104 valence electrons. The van der Waals surface area contributed by atoms with Gasteiger partial charge in [0.05, 0.1) is 12.1 Å². The number of likely N-dealkylation sites (N-methyl/N-ethyl adjacent to an activating group) is 1. The van der Waals surface area contributed by atoms with Crippen LogP contribution in [0.15, 0.2) is 36.4 Å². The van der Waals surface area contributed by atoms with E-state index in [4.69, 9.17) is 5.26 Å². The fourth-order valence-corrected chi connectivity index (χ4v) is 2.45. The van der Waals surface area contributed by atoms with E-state index in [2.05, 4.69) is 5.32 Å². The van der Waals surface area contributed by atoms with Crippen LogP contribution in [-0.2, 0) is 11.2 Å². The van der Waals surface area contributed by atoms with Crippen molar-refractivity contribution in [1.82, 2.24) is 0 Å². The number of carbonyl (C=O) groups is 1. The summed E-state index contributed by atoms with van der Waals surface area (Å²) < 4.78 is 13.6. The summed E-state index contributed by atoms with van der Waals surface area (Å²) >= 11 is 0. The summed E-state index contributed by atoms with van der Waals surface area (Å²) in [6.45, 7) is 0. The molecule has 21 heavy (non-hydrogen) atoms. The topological polar surface area (TPSA) is 56.1 Å². The van der Waals surface area contributed by atoms with Gasteiger partial charge >= 0.3 is 0 Å². The van der Waals surface area contributed by atoms with Crippen molar-refractivity contribution in [2.75, 3.05) is 17.3 Å². The summed E-state index contributed by atoms with van der Waals surface area (Å²) in [5.41, 5.74) is 2.91. The second-order valence-corrected chi connectivity index (χ2v) is 4.87. The maximum absolute atomic E-state index is 13.6. The van der Waals surface area contributed by atoms with E-state index in [1.807, 2.05) is 18.2 Å². The summed E-state index contributed by atoms with van der Waals surface area (Å²) in [6, 6.07) is 11.8. The second-order valence-electron chi connectivity index (χ2n) is 4.87. The van der Waals surface area contributed by atoms with Crippen LogP contribution in [0.2, 0.25) is 0 Å². The van der Waals surface area contributed by atoms with Gasteiger partial charge in [0.1, 0.15) is 17.4 Å². The lowest BCUT2D eigenvalue weighted by Crippen LogP contribution is -2.20. The molecule has 0 spiro atoms. The fraction of sp³-hybridized carbons (Fsp3) is 0.125. The predicted octanol–water partition coefficient (Wildman–Crippen LogP) is 2.96. The molecule has 1 aliphatic rings. The van der Waals surface area contributed by atoms with Crippen LogP contribution in [0.4, 0.5) is 21.5 Å². The molecule has 0 saturated heterocycles. The first kappa shape index (κ1) is 13.1. The third-order valence-corrected chi connectivity index (χ3v) is 3.56. The largest absolute Gasteiger partial charge is 0.354 e. The van der Waals surface area contributed by atoms with E-state index < -0.39 is 5.82 Å². The van der Waals surface area contributed by atoms with E-state index in [1.165, 1.54) is 6.07 Å². The number of fused-ring (bicyclic) bond motifs is 1. The van der Waals surface area contributed by atoms with Gasteiger partial charge in [0, 0.05) is 18.4 Å². The Morgan fingerprint density at radius 3 is 2.90 bits per heavy atom. The monoisotopic (exact) mass is 281 g/mol. The zero-order chi connectivity index (χ0) is 15.0. The Morgan fingerprint density at radius 2 is 2.14 bits per heavy atom. The van der Waals surface area contributed by atoms with E-state index >= 15 is 0 Å². The van der Waals surface area contributed by atoms with Gasteiger partial charge in [-0.25, -0.2) is 4.39 Å². The molecule has 3 rings (SSSR count).